The molecule has 3 aromatic carbocycles. The molecule has 1 N–H and O–H groups in total. The summed E-state index contributed by atoms with van der Waals surface area (Å²) in [5.41, 5.74) is 2.34. The summed E-state index contributed by atoms with van der Waals surface area (Å²) >= 11 is 0. The van der Waals surface area contributed by atoms with E-state index in [4.69, 9.17) is 19.2 Å². The molecule has 1 aromatic heterocycles. The van der Waals surface area contributed by atoms with Crippen molar-refractivity contribution in [2.75, 3.05) is 33.2 Å². The lowest BCUT2D eigenvalue weighted by Gasteiger charge is -2.31. The van der Waals surface area contributed by atoms with Crippen LogP contribution in [0.5, 0.6) is 17.2 Å². The van der Waals surface area contributed by atoms with Crippen molar-refractivity contribution in [3.8, 4) is 22.9 Å². The molecule has 4 rings (SSSR count). The van der Waals surface area contributed by atoms with E-state index in [-0.39, 0.29) is 11.6 Å². The molecule has 4 aromatic rings. The van der Waals surface area contributed by atoms with Gasteiger partial charge in [-0.15, -0.1) is 0 Å². The number of nitrogens with zero attached hydrogens (tertiary/aromatic N) is 3. The van der Waals surface area contributed by atoms with Crippen molar-refractivity contribution in [3.63, 3.8) is 0 Å². The standard InChI is InChI=1S/C30H34N4O5/c1-7-16-33(30(36)32-24-14-13-21(37-4)18-27(24)39-6)20(3)28-31-23-11-9-8-10-22(23)29(35)34(28)25-17-19(2)12-15-26(25)38-5/h8-15,17-18,20H,7,16H2,1-6H3,(H,32,36). The van der Waals surface area contributed by atoms with Crippen molar-refractivity contribution in [1.82, 2.24) is 14.5 Å². The van der Waals surface area contributed by atoms with Crippen molar-refractivity contribution >= 4 is 22.6 Å². The Bertz CT molecular complexity index is 1550. The molecular weight excluding hydrogens is 496 g/mol. The fourth-order valence-corrected chi connectivity index (χ4v) is 4.58. The summed E-state index contributed by atoms with van der Waals surface area (Å²) in [5, 5.41) is 3.44. The molecule has 1 heterocycles. The van der Waals surface area contributed by atoms with Gasteiger partial charge in [-0.25, -0.2) is 9.78 Å². The Hall–Kier alpha value is -4.53. The van der Waals surface area contributed by atoms with Gasteiger partial charge < -0.3 is 24.4 Å². The zero-order chi connectivity index (χ0) is 28.1. The first-order chi connectivity index (χ1) is 18.8. The Kier molecular flexibility index (Phi) is 8.39. The average Bonchev–Trinajstić information content (AvgIpc) is 2.95. The van der Waals surface area contributed by atoms with E-state index in [1.54, 1.807) is 54.0 Å². The maximum atomic E-state index is 13.9. The van der Waals surface area contributed by atoms with Crippen molar-refractivity contribution in [2.45, 2.75) is 33.2 Å². The molecule has 204 valence electrons. The summed E-state index contributed by atoms with van der Waals surface area (Å²) in [6.45, 7) is 6.24. The maximum Gasteiger partial charge on any atom is 0.322 e. The molecule has 0 aliphatic heterocycles. The van der Waals surface area contributed by atoms with Crippen LogP contribution in [0.4, 0.5) is 10.5 Å². The van der Waals surface area contributed by atoms with Gasteiger partial charge >= 0.3 is 6.03 Å². The Balaban J connectivity index is 1.85. The van der Waals surface area contributed by atoms with Gasteiger partial charge in [-0.3, -0.25) is 9.36 Å². The highest BCUT2D eigenvalue weighted by Crippen LogP contribution is 2.32. The molecule has 0 bridgehead atoms. The van der Waals surface area contributed by atoms with Crippen LogP contribution in [0.1, 0.15) is 37.7 Å². The Morgan fingerprint density at radius 1 is 1.00 bits per heavy atom. The van der Waals surface area contributed by atoms with Gasteiger partial charge in [0.15, 0.2) is 0 Å². The highest BCUT2D eigenvalue weighted by atomic mass is 16.5. The van der Waals surface area contributed by atoms with E-state index < -0.39 is 6.04 Å². The van der Waals surface area contributed by atoms with Crippen LogP contribution in [0.25, 0.3) is 16.6 Å². The van der Waals surface area contributed by atoms with Crippen LogP contribution in [-0.4, -0.2) is 48.4 Å². The minimum atomic E-state index is -0.572. The number of aromatic nitrogens is 2. The zero-order valence-electron chi connectivity index (χ0n) is 23.1. The predicted molar refractivity (Wildman–Crippen MR) is 153 cm³/mol. The van der Waals surface area contributed by atoms with Gasteiger partial charge in [0.2, 0.25) is 0 Å². The lowest BCUT2D eigenvalue weighted by atomic mass is 10.1. The molecule has 1 atom stereocenters. The molecule has 0 fully saturated rings. The fraction of sp³-hybridized carbons (Fsp3) is 0.300. The highest BCUT2D eigenvalue weighted by molar-refractivity contribution is 5.91. The number of anilines is 1. The first kappa shape index (κ1) is 27.5. The highest BCUT2D eigenvalue weighted by Gasteiger charge is 2.28. The van der Waals surface area contributed by atoms with Crippen LogP contribution in [0.3, 0.4) is 0 Å². The van der Waals surface area contributed by atoms with Gasteiger partial charge in [0, 0.05) is 12.6 Å². The molecule has 0 spiro atoms. The molecule has 0 saturated carbocycles. The average molecular weight is 531 g/mol. The number of urea groups is 1. The number of para-hydroxylation sites is 1. The number of carbonyl (C=O) groups is 1. The van der Waals surface area contributed by atoms with E-state index in [2.05, 4.69) is 5.32 Å². The molecule has 9 heteroatoms. The van der Waals surface area contributed by atoms with E-state index in [1.165, 1.54) is 7.11 Å². The minimum absolute atomic E-state index is 0.236. The second-order valence-corrected chi connectivity index (χ2v) is 9.17. The topological polar surface area (TPSA) is 94.9 Å². The van der Waals surface area contributed by atoms with Crippen LogP contribution < -0.4 is 25.1 Å². The summed E-state index contributed by atoms with van der Waals surface area (Å²) in [4.78, 5) is 34.2. The van der Waals surface area contributed by atoms with Gasteiger partial charge in [-0.1, -0.05) is 25.1 Å². The Morgan fingerprint density at radius 2 is 1.74 bits per heavy atom. The monoisotopic (exact) mass is 530 g/mol. The predicted octanol–water partition coefficient (Wildman–Crippen LogP) is 5.73. The number of hydrogen-bond acceptors (Lipinski definition) is 6. The molecule has 39 heavy (non-hydrogen) atoms. The third-order valence-corrected chi connectivity index (χ3v) is 6.59. The summed E-state index contributed by atoms with van der Waals surface area (Å²) in [6, 6.07) is 17.1. The fourth-order valence-electron chi connectivity index (χ4n) is 4.58. The zero-order valence-corrected chi connectivity index (χ0v) is 23.1. The van der Waals surface area contributed by atoms with Gasteiger partial charge in [0.05, 0.1) is 49.6 Å². The third kappa shape index (κ3) is 5.52. The van der Waals surface area contributed by atoms with Crippen LogP contribution >= 0.6 is 0 Å². The number of methoxy groups -OCH3 is 3. The lowest BCUT2D eigenvalue weighted by Crippen LogP contribution is -2.40. The van der Waals surface area contributed by atoms with E-state index >= 15 is 0 Å². The number of ether oxygens (including phenoxy) is 3. The van der Waals surface area contributed by atoms with Gasteiger partial charge in [0.25, 0.3) is 5.56 Å². The molecule has 1 unspecified atom stereocenters. The summed E-state index contributed by atoms with van der Waals surface area (Å²) < 4.78 is 17.9. The van der Waals surface area contributed by atoms with Crippen molar-refractivity contribution in [3.05, 3.63) is 82.4 Å². The summed E-state index contributed by atoms with van der Waals surface area (Å²) in [6.07, 6.45) is 0.698. The van der Waals surface area contributed by atoms with Gasteiger partial charge in [-0.2, -0.15) is 0 Å². The van der Waals surface area contributed by atoms with Crippen LogP contribution in [0.2, 0.25) is 0 Å². The quantitative estimate of drug-likeness (QED) is 0.297. The van der Waals surface area contributed by atoms with E-state index in [0.29, 0.717) is 58.3 Å². The number of hydrogen-bond donors (Lipinski definition) is 1. The first-order valence-corrected chi connectivity index (χ1v) is 12.8. The summed E-state index contributed by atoms with van der Waals surface area (Å²) in [5.74, 6) is 2.03. The van der Waals surface area contributed by atoms with Crippen LogP contribution in [0, 0.1) is 6.92 Å². The SMILES string of the molecule is CCCN(C(=O)Nc1ccc(OC)cc1OC)C(C)c1nc2ccccc2c(=O)n1-c1cc(C)ccc1OC. The Labute approximate surface area is 227 Å². The third-order valence-electron chi connectivity index (χ3n) is 6.59. The van der Waals surface area contributed by atoms with E-state index in [1.807, 2.05) is 51.1 Å². The lowest BCUT2D eigenvalue weighted by molar-refractivity contribution is 0.189. The summed E-state index contributed by atoms with van der Waals surface area (Å²) in [7, 11) is 4.66. The number of carbonyl (C=O) groups excluding carboxylic acids is 1. The minimum Gasteiger partial charge on any atom is -0.497 e. The molecule has 2 amide bonds. The van der Waals surface area contributed by atoms with E-state index in [0.717, 1.165) is 5.56 Å². The first-order valence-electron chi connectivity index (χ1n) is 12.8. The molecule has 0 aliphatic carbocycles. The van der Waals surface area contributed by atoms with Crippen molar-refractivity contribution < 1.29 is 19.0 Å². The molecule has 0 saturated heterocycles. The van der Waals surface area contributed by atoms with Crippen LogP contribution in [-0.2, 0) is 0 Å². The van der Waals surface area contributed by atoms with Gasteiger partial charge in [-0.05, 0) is 62.2 Å². The molecule has 0 aliphatic rings. The van der Waals surface area contributed by atoms with E-state index in [9.17, 15) is 9.59 Å². The molecule has 0 radical (unpaired) electrons. The second-order valence-electron chi connectivity index (χ2n) is 9.17. The van der Waals surface area contributed by atoms with Crippen LogP contribution in [0.15, 0.2) is 65.5 Å². The number of amides is 2. The Morgan fingerprint density at radius 3 is 2.44 bits per heavy atom. The number of fused-ring (bicyclic) bond motifs is 1. The smallest absolute Gasteiger partial charge is 0.322 e. The second kappa shape index (κ2) is 11.9. The molecular formula is C30H34N4O5. The number of rotatable bonds is 9. The number of aryl methyl sites for hydroxylation is 1. The van der Waals surface area contributed by atoms with Gasteiger partial charge in [0.1, 0.15) is 23.1 Å². The normalized spacial score (nSPS) is 11.6. The molecule has 9 nitrogen and oxygen atoms in total. The van der Waals surface area contributed by atoms with Crippen molar-refractivity contribution in [1.29, 1.82) is 0 Å². The largest absolute Gasteiger partial charge is 0.497 e. The number of nitrogens with one attached hydrogen (secondary N) is 1. The number of benzene rings is 3. The van der Waals surface area contributed by atoms with Crippen molar-refractivity contribution in [2.24, 2.45) is 0 Å². The maximum absolute atomic E-state index is 13.9.